The van der Waals surface area contributed by atoms with Crippen molar-refractivity contribution in [3.63, 3.8) is 0 Å². The van der Waals surface area contributed by atoms with Crippen LogP contribution >= 0.6 is 0 Å². The highest BCUT2D eigenvalue weighted by atomic mass is 13.8. The largest absolute Gasteiger partial charge is 0.103 e. The Labute approximate surface area is 52.9 Å². The summed E-state index contributed by atoms with van der Waals surface area (Å²) in [6.45, 7) is 13.2. The van der Waals surface area contributed by atoms with Crippen LogP contribution in [-0.4, -0.2) is 0 Å². The maximum Gasteiger partial charge on any atom is -0.0147 e. The first-order chi connectivity index (χ1) is 3.77. The molecule has 0 saturated heterocycles. The second kappa shape index (κ2) is 9.70. The minimum absolute atomic E-state index is 0.944. The first-order valence-corrected chi connectivity index (χ1v) is 3.02. The van der Waals surface area contributed by atoms with Gasteiger partial charge in [-0.15, -0.1) is 6.58 Å². The summed E-state index contributed by atoms with van der Waals surface area (Å²) in [6.07, 6.45) is 2.79. The predicted molar refractivity (Wildman–Crippen MR) is 41.0 cm³/mol. The Balaban J connectivity index is 0. The molecule has 48 valence electrons. The van der Waals surface area contributed by atoms with Gasteiger partial charge in [-0.1, -0.05) is 32.1 Å². The van der Waals surface area contributed by atoms with Crippen molar-refractivity contribution >= 4 is 0 Å². The van der Waals surface area contributed by atoms with Gasteiger partial charge in [0.05, 0.1) is 0 Å². The first-order valence-electron chi connectivity index (χ1n) is 3.02. The highest BCUT2D eigenvalue weighted by Gasteiger charge is 1.71. The minimum Gasteiger partial charge on any atom is -0.103 e. The van der Waals surface area contributed by atoms with Gasteiger partial charge in [0.25, 0.3) is 0 Å². The highest BCUT2D eigenvalue weighted by Crippen LogP contribution is 1.92. The zero-order valence-electron chi connectivity index (χ0n) is 6.20. The summed E-state index contributed by atoms with van der Waals surface area (Å²) < 4.78 is 0. The van der Waals surface area contributed by atoms with Gasteiger partial charge in [-0.05, 0) is 13.3 Å². The fraction of sp³-hybridized carbons (Fsp3) is 0.500. The topological polar surface area (TPSA) is 0 Å². The second-order valence-corrected chi connectivity index (χ2v) is 1.45. The van der Waals surface area contributed by atoms with Crippen molar-refractivity contribution < 1.29 is 0 Å². The first kappa shape index (κ1) is 10.5. The van der Waals surface area contributed by atoms with Gasteiger partial charge in [0.1, 0.15) is 0 Å². The summed E-state index contributed by atoms with van der Waals surface area (Å²) in [5.74, 6) is 0. The Morgan fingerprint density at radius 3 is 1.88 bits per heavy atom. The summed E-state index contributed by atoms with van der Waals surface area (Å²) >= 11 is 0. The van der Waals surface area contributed by atoms with Crippen LogP contribution in [0.1, 0.15) is 27.2 Å². The van der Waals surface area contributed by atoms with Crippen molar-refractivity contribution in [2.45, 2.75) is 27.2 Å². The molecule has 0 atom stereocenters. The fourth-order valence-corrected chi connectivity index (χ4v) is 0.246. The van der Waals surface area contributed by atoms with Gasteiger partial charge in [-0.25, -0.2) is 0 Å². The number of hydrogen-bond donors (Lipinski definition) is 0. The van der Waals surface area contributed by atoms with Gasteiger partial charge in [0, 0.05) is 0 Å². The molecule has 0 aromatic rings. The van der Waals surface area contributed by atoms with Gasteiger partial charge >= 0.3 is 0 Å². The van der Waals surface area contributed by atoms with E-state index in [4.69, 9.17) is 0 Å². The Hall–Kier alpha value is -0.520. The van der Waals surface area contributed by atoms with E-state index in [0.29, 0.717) is 0 Å². The average molecular weight is 112 g/mol. The van der Waals surface area contributed by atoms with Gasteiger partial charge < -0.3 is 0 Å². The van der Waals surface area contributed by atoms with Crippen LogP contribution in [0.15, 0.2) is 24.8 Å². The quantitative estimate of drug-likeness (QED) is 0.481. The van der Waals surface area contributed by atoms with Crippen molar-refractivity contribution in [2.24, 2.45) is 0 Å². The molecule has 0 aliphatic carbocycles. The summed E-state index contributed by atoms with van der Waals surface area (Å²) in [7, 11) is 0. The molecule has 0 aromatic heterocycles. The monoisotopic (exact) mass is 112 g/mol. The Morgan fingerprint density at radius 2 is 1.88 bits per heavy atom. The molecule has 0 spiro atoms. The lowest BCUT2D eigenvalue weighted by molar-refractivity contribution is 1.23. The normalized spacial score (nSPS) is 6.38. The summed E-state index contributed by atoms with van der Waals surface area (Å²) in [6, 6.07) is 0. The van der Waals surface area contributed by atoms with Crippen LogP contribution in [0, 0.1) is 0 Å². The second-order valence-electron chi connectivity index (χ2n) is 1.45. The molecule has 8 heavy (non-hydrogen) atoms. The maximum atomic E-state index is 3.67. The molecule has 0 heteroatoms. The van der Waals surface area contributed by atoms with E-state index < -0.39 is 0 Å². The molecule has 0 bridgehead atoms. The standard InChI is InChI=1S/C6H10.C2H6/c1-4-5-6(2)3;1-2/h4H,1-2,5H2,3H3;1-2H3. The smallest absolute Gasteiger partial charge is 0.0147 e. The van der Waals surface area contributed by atoms with Crippen LogP contribution in [0.2, 0.25) is 0 Å². The maximum absolute atomic E-state index is 3.67. The Morgan fingerprint density at radius 1 is 1.50 bits per heavy atom. The van der Waals surface area contributed by atoms with Crippen molar-refractivity contribution in [1.29, 1.82) is 0 Å². The van der Waals surface area contributed by atoms with Crippen LogP contribution in [0.4, 0.5) is 0 Å². The highest BCUT2D eigenvalue weighted by molar-refractivity contribution is 4.94. The van der Waals surface area contributed by atoms with Crippen molar-refractivity contribution in [2.75, 3.05) is 0 Å². The van der Waals surface area contributed by atoms with Gasteiger partial charge in [0.15, 0.2) is 0 Å². The zero-order valence-corrected chi connectivity index (χ0v) is 6.20. The molecule has 0 saturated carbocycles. The Kier molecular flexibility index (Phi) is 12.7. The van der Waals surface area contributed by atoms with Crippen molar-refractivity contribution in [3.8, 4) is 0 Å². The fourth-order valence-electron chi connectivity index (χ4n) is 0.246. The molecule has 0 fully saturated rings. The number of allylic oxidation sites excluding steroid dienone is 2. The van der Waals surface area contributed by atoms with Crippen LogP contribution in [0.25, 0.3) is 0 Å². The summed E-state index contributed by atoms with van der Waals surface area (Å²) in [5, 5.41) is 0. The third kappa shape index (κ3) is 17.9. The molecule has 0 N–H and O–H groups in total. The molecule has 0 amide bonds. The van der Waals surface area contributed by atoms with Crippen LogP contribution in [0.3, 0.4) is 0 Å². The molecule has 0 aliphatic rings. The number of rotatable bonds is 2. The van der Waals surface area contributed by atoms with E-state index in [1.165, 1.54) is 5.57 Å². The lowest BCUT2D eigenvalue weighted by Gasteiger charge is -1.82. The molecular formula is C8H16. The van der Waals surface area contributed by atoms with E-state index in [-0.39, 0.29) is 0 Å². The lowest BCUT2D eigenvalue weighted by atomic mass is 10.2. The van der Waals surface area contributed by atoms with E-state index in [0.717, 1.165) is 6.42 Å². The van der Waals surface area contributed by atoms with Gasteiger partial charge in [-0.2, -0.15) is 0 Å². The molecule has 0 aromatic carbocycles. The molecule has 0 nitrogen and oxygen atoms in total. The molecular weight excluding hydrogens is 96.1 g/mol. The van der Waals surface area contributed by atoms with E-state index >= 15 is 0 Å². The summed E-state index contributed by atoms with van der Waals surface area (Å²) in [4.78, 5) is 0. The van der Waals surface area contributed by atoms with E-state index in [1.54, 1.807) is 0 Å². The molecule has 0 aliphatic heterocycles. The SMILES string of the molecule is C=CCC(=C)C.CC. The lowest BCUT2D eigenvalue weighted by Crippen LogP contribution is -1.61. The predicted octanol–water partition coefficient (Wildman–Crippen LogP) is 3.16. The van der Waals surface area contributed by atoms with Crippen LogP contribution < -0.4 is 0 Å². The van der Waals surface area contributed by atoms with E-state index in [2.05, 4.69) is 13.2 Å². The zero-order chi connectivity index (χ0) is 6.99. The average Bonchev–Trinajstić information content (AvgIpc) is 1.72. The number of hydrogen-bond acceptors (Lipinski definition) is 0. The minimum atomic E-state index is 0.944. The third-order valence-corrected chi connectivity index (χ3v) is 0.493. The summed E-state index contributed by atoms with van der Waals surface area (Å²) in [5.41, 5.74) is 1.17. The molecule has 0 radical (unpaired) electrons. The molecule has 0 heterocycles. The molecule has 0 rings (SSSR count). The van der Waals surface area contributed by atoms with Gasteiger partial charge in [-0.3, -0.25) is 0 Å². The van der Waals surface area contributed by atoms with E-state index in [9.17, 15) is 0 Å². The Bertz CT molecular complexity index is 60.4. The molecule has 0 unspecified atom stereocenters. The van der Waals surface area contributed by atoms with Gasteiger partial charge in [0.2, 0.25) is 0 Å². The van der Waals surface area contributed by atoms with Crippen LogP contribution in [-0.2, 0) is 0 Å². The van der Waals surface area contributed by atoms with Crippen molar-refractivity contribution in [1.82, 2.24) is 0 Å². The van der Waals surface area contributed by atoms with Crippen molar-refractivity contribution in [3.05, 3.63) is 24.8 Å². The van der Waals surface area contributed by atoms with Crippen LogP contribution in [0.5, 0.6) is 0 Å². The van der Waals surface area contributed by atoms with E-state index in [1.807, 2.05) is 26.8 Å². The third-order valence-electron chi connectivity index (χ3n) is 0.493.